The van der Waals surface area contributed by atoms with E-state index in [0.29, 0.717) is 18.0 Å². The van der Waals surface area contributed by atoms with Crippen LogP contribution in [0.1, 0.15) is 15.9 Å². The highest BCUT2D eigenvalue weighted by Gasteiger charge is 2.12. The van der Waals surface area contributed by atoms with E-state index >= 15 is 0 Å². The summed E-state index contributed by atoms with van der Waals surface area (Å²) in [6.07, 6.45) is 0. The molecule has 0 saturated carbocycles. The molecule has 1 N–H and O–H groups in total. The maximum atomic E-state index is 12.2. The number of nitrogens with zero attached hydrogens (tertiary/aromatic N) is 2. The molecule has 22 heavy (non-hydrogen) atoms. The van der Waals surface area contributed by atoms with Crippen LogP contribution in [0, 0.1) is 0 Å². The third-order valence-electron chi connectivity index (χ3n) is 3.53. The lowest BCUT2D eigenvalue weighted by molar-refractivity contribution is 0.0951. The number of methoxy groups -OCH3 is 1. The van der Waals surface area contributed by atoms with Gasteiger partial charge in [-0.25, -0.2) is 4.68 Å². The second-order valence-corrected chi connectivity index (χ2v) is 5.03. The first-order valence-electron chi connectivity index (χ1n) is 7.02. The molecule has 0 radical (unpaired) electrons. The molecule has 1 aromatic heterocycles. The van der Waals surface area contributed by atoms with Gasteiger partial charge in [-0.2, -0.15) is 5.10 Å². The minimum Gasteiger partial charge on any atom is -0.481 e. The van der Waals surface area contributed by atoms with Crippen molar-refractivity contribution in [3.05, 3.63) is 59.7 Å². The standard InChI is InChI=1S/C17H17N3O2/c1-20-17(22-2)14-9-8-13(10-15(14)19-20)16(21)18-11-12-6-4-3-5-7-12/h3-10H,11H2,1-2H3,(H,18,21). The molecule has 5 nitrogen and oxygen atoms in total. The first-order chi connectivity index (χ1) is 10.7. The van der Waals surface area contributed by atoms with Gasteiger partial charge in [0, 0.05) is 19.2 Å². The number of amides is 1. The summed E-state index contributed by atoms with van der Waals surface area (Å²) in [5, 5.41) is 8.16. The van der Waals surface area contributed by atoms with Crippen molar-refractivity contribution in [1.29, 1.82) is 0 Å². The van der Waals surface area contributed by atoms with E-state index in [1.807, 2.05) is 43.4 Å². The molecule has 0 fully saturated rings. The van der Waals surface area contributed by atoms with Gasteiger partial charge in [-0.3, -0.25) is 4.79 Å². The number of aromatic nitrogens is 2. The molecular formula is C17H17N3O2. The second-order valence-electron chi connectivity index (χ2n) is 5.03. The van der Waals surface area contributed by atoms with Crippen molar-refractivity contribution in [3.63, 3.8) is 0 Å². The first kappa shape index (κ1) is 14.1. The molecule has 2 aromatic carbocycles. The van der Waals surface area contributed by atoms with Crippen LogP contribution in [0.15, 0.2) is 48.5 Å². The van der Waals surface area contributed by atoms with E-state index in [1.54, 1.807) is 23.9 Å². The highest BCUT2D eigenvalue weighted by molar-refractivity contribution is 5.98. The van der Waals surface area contributed by atoms with Crippen molar-refractivity contribution in [2.75, 3.05) is 7.11 Å². The fraction of sp³-hybridized carbons (Fsp3) is 0.176. The van der Waals surface area contributed by atoms with Crippen molar-refractivity contribution < 1.29 is 9.53 Å². The largest absolute Gasteiger partial charge is 0.481 e. The van der Waals surface area contributed by atoms with Gasteiger partial charge in [-0.1, -0.05) is 30.3 Å². The second kappa shape index (κ2) is 5.89. The number of carbonyl (C=O) groups is 1. The van der Waals surface area contributed by atoms with Gasteiger partial charge in [-0.05, 0) is 23.8 Å². The molecule has 1 amide bonds. The zero-order valence-corrected chi connectivity index (χ0v) is 12.5. The first-order valence-corrected chi connectivity index (χ1v) is 7.02. The van der Waals surface area contributed by atoms with Crippen molar-refractivity contribution in [3.8, 4) is 5.88 Å². The zero-order chi connectivity index (χ0) is 15.5. The summed E-state index contributed by atoms with van der Waals surface area (Å²) in [5.41, 5.74) is 2.40. The number of ether oxygens (including phenoxy) is 1. The molecule has 0 unspecified atom stereocenters. The Hall–Kier alpha value is -2.82. The SMILES string of the molecule is COc1c2ccc(C(=O)NCc3ccccc3)cc2nn1C. The highest BCUT2D eigenvalue weighted by atomic mass is 16.5. The molecule has 0 atom stereocenters. The van der Waals surface area contributed by atoms with Crippen LogP contribution in [0.4, 0.5) is 0 Å². The van der Waals surface area contributed by atoms with Gasteiger partial charge in [0.15, 0.2) is 0 Å². The lowest BCUT2D eigenvalue weighted by Gasteiger charge is -2.05. The monoisotopic (exact) mass is 295 g/mol. The van der Waals surface area contributed by atoms with Crippen LogP contribution in [0.5, 0.6) is 5.88 Å². The van der Waals surface area contributed by atoms with Crippen LogP contribution in [0.2, 0.25) is 0 Å². The molecule has 1 heterocycles. The van der Waals surface area contributed by atoms with Gasteiger partial charge in [0.05, 0.1) is 18.0 Å². The number of carbonyl (C=O) groups excluding carboxylic acids is 1. The summed E-state index contributed by atoms with van der Waals surface area (Å²) in [4.78, 5) is 12.2. The van der Waals surface area contributed by atoms with Crippen LogP contribution < -0.4 is 10.1 Å². The minimum absolute atomic E-state index is 0.115. The number of benzene rings is 2. The van der Waals surface area contributed by atoms with Crippen LogP contribution in [0.3, 0.4) is 0 Å². The van der Waals surface area contributed by atoms with E-state index in [4.69, 9.17) is 4.74 Å². The summed E-state index contributed by atoms with van der Waals surface area (Å²) in [6, 6.07) is 15.2. The predicted octanol–water partition coefficient (Wildman–Crippen LogP) is 2.51. The fourth-order valence-corrected chi connectivity index (χ4v) is 2.44. The Kier molecular flexibility index (Phi) is 3.78. The molecule has 0 saturated heterocycles. The average Bonchev–Trinajstić information content (AvgIpc) is 2.87. The van der Waals surface area contributed by atoms with E-state index in [-0.39, 0.29) is 5.91 Å². The van der Waals surface area contributed by atoms with E-state index in [0.717, 1.165) is 16.5 Å². The number of rotatable bonds is 4. The highest BCUT2D eigenvalue weighted by Crippen LogP contribution is 2.25. The zero-order valence-electron chi connectivity index (χ0n) is 12.5. The topological polar surface area (TPSA) is 56.1 Å². The third kappa shape index (κ3) is 2.65. The maximum absolute atomic E-state index is 12.2. The molecule has 0 spiro atoms. The van der Waals surface area contributed by atoms with Gasteiger partial charge in [0.25, 0.3) is 5.91 Å². The molecule has 5 heteroatoms. The van der Waals surface area contributed by atoms with Gasteiger partial charge < -0.3 is 10.1 Å². The average molecular weight is 295 g/mol. The Labute approximate surface area is 128 Å². The number of aryl methyl sites for hydroxylation is 1. The Bertz CT molecular complexity index is 809. The van der Waals surface area contributed by atoms with Crippen LogP contribution >= 0.6 is 0 Å². The maximum Gasteiger partial charge on any atom is 0.251 e. The van der Waals surface area contributed by atoms with Gasteiger partial charge in [0.2, 0.25) is 5.88 Å². The Morgan fingerprint density at radius 3 is 2.73 bits per heavy atom. The lowest BCUT2D eigenvalue weighted by atomic mass is 10.1. The van der Waals surface area contributed by atoms with Crippen molar-refractivity contribution in [2.45, 2.75) is 6.54 Å². The predicted molar refractivity (Wildman–Crippen MR) is 84.9 cm³/mol. The van der Waals surface area contributed by atoms with Gasteiger partial charge >= 0.3 is 0 Å². The molecule has 3 aromatic rings. The van der Waals surface area contributed by atoms with E-state index < -0.39 is 0 Å². The fourth-order valence-electron chi connectivity index (χ4n) is 2.44. The summed E-state index contributed by atoms with van der Waals surface area (Å²) < 4.78 is 6.97. The van der Waals surface area contributed by atoms with E-state index in [9.17, 15) is 4.79 Å². The lowest BCUT2D eigenvalue weighted by Crippen LogP contribution is -2.22. The number of nitrogens with one attached hydrogen (secondary N) is 1. The summed E-state index contributed by atoms with van der Waals surface area (Å²) >= 11 is 0. The summed E-state index contributed by atoms with van der Waals surface area (Å²) in [5.74, 6) is 0.571. The Balaban J connectivity index is 1.79. The molecule has 3 rings (SSSR count). The van der Waals surface area contributed by atoms with Crippen molar-refractivity contribution >= 4 is 16.8 Å². The van der Waals surface area contributed by atoms with Crippen LogP contribution in [-0.2, 0) is 13.6 Å². The third-order valence-corrected chi connectivity index (χ3v) is 3.53. The summed E-state index contributed by atoms with van der Waals surface area (Å²) in [6.45, 7) is 0.503. The van der Waals surface area contributed by atoms with Crippen molar-refractivity contribution in [2.24, 2.45) is 7.05 Å². The quantitative estimate of drug-likeness (QED) is 0.804. The number of fused-ring (bicyclic) bond motifs is 1. The Morgan fingerprint density at radius 2 is 2.00 bits per heavy atom. The molecule has 0 bridgehead atoms. The van der Waals surface area contributed by atoms with E-state index in [2.05, 4.69) is 10.4 Å². The smallest absolute Gasteiger partial charge is 0.251 e. The van der Waals surface area contributed by atoms with Gasteiger partial charge in [0.1, 0.15) is 0 Å². The van der Waals surface area contributed by atoms with Crippen LogP contribution in [-0.4, -0.2) is 22.8 Å². The van der Waals surface area contributed by atoms with Crippen LogP contribution in [0.25, 0.3) is 10.9 Å². The number of hydrogen-bond acceptors (Lipinski definition) is 3. The van der Waals surface area contributed by atoms with Gasteiger partial charge in [-0.15, -0.1) is 0 Å². The molecule has 0 aliphatic heterocycles. The normalized spacial score (nSPS) is 10.6. The van der Waals surface area contributed by atoms with Crippen molar-refractivity contribution in [1.82, 2.24) is 15.1 Å². The molecule has 0 aliphatic carbocycles. The molecule has 0 aliphatic rings. The summed E-state index contributed by atoms with van der Waals surface area (Å²) in [7, 11) is 3.42. The minimum atomic E-state index is -0.115. The molecular weight excluding hydrogens is 278 g/mol. The Morgan fingerprint density at radius 1 is 1.23 bits per heavy atom. The molecule has 112 valence electrons. The number of hydrogen-bond donors (Lipinski definition) is 1. The van der Waals surface area contributed by atoms with E-state index in [1.165, 1.54) is 0 Å².